The summed E-state index contributed by atoms with van der Waals surface area (Å²) in [6.07, 6.45) is 7.03. The Hall–Kier alpha value is -4.82. The van der Waals surface area contributed by atoms with Gasteiger partial charge in [0.15, 0.2) is 0 Å². The summed E-state index contributed by atoms with van der Waals surface area (Å²) in [5, 5.41) is 28.5. The van der Waals surface area contributed by atoms with Crippen LogP contribution in [0.1, 0.15) is 23.2 Å². The number of phenolic OH excluding ortho intramolecular Hbond substituents is 1. The van der Waals surface area contributed by atoms with Crippen molar-refractivity contribution in [2.75, 3.05) is 12.0 Å². The van der Waals surface area contributed by atoms with Gasteiger partial charge in [0.2, 0.25) is 17.7 Å². The molecule has 4 atom stereocenters. The van der Waals surface area contributed by atoms with E-state index < -0.39 is 47.9 Å². The summed E-state index contributed by atoms with van der Waals surface area (Å²) in [5.74, 6) is -2.56. The van der Waals surface area contributed by atoms with Crippen LogP contribution in [0.3, 0.4) is 0 Å². The number of nitrogens with two attached hydrogens (primary N) is 1. The number of H-pyrrole nitrogens is 2. The number of aromatic hydroxyl groups is 1. The van der Waals surface area contributed by atoms with Crippen molar-refractivity contribution in [2.45, 2.75) is 49.9 Å². The first-order valence-corrected chi connectivity index (χ1v) is 15.7. The van der Waals surface area contributed by atoms with E-state index >= 15 is 0 Å². The second-order valence-electron chi connectivity index (χ2n) is 10.6. The fourth-order valence-electron chi connectivity index (χ4n) is 4.85. The highest BCUT2D eigenvalue weighted by Gasteiger charge is 2.31. The van der Waals surface area contributed by atoms with Crippen LogP contribution in [-0.2, 0) is 38.4 Å². The van der Waals surface area contributed by atoms with Gasteiger partial charge in [-0.05, 0) is 47.8 Å². The number of nitrogens with one attached hydrogen (secondary N) is 5. The third-order valence-corrected chi connectivity index (χ3v) is 7.94. The van der Waals surface area contributed by atoms with Gasteiger partial charge in [0, 0.05) is 48.3 Å². The lowest BCUT2D eigenvalue weighted by atomic mass is 10.0. The van der Waals surface area contributed by atoms with Crippen molar-refractivity contribution >= 4 is 46.4 Å². The molecule has 3 amide bonds. The van der Waals surface area contributed by atoms with Gasteiger partial charge >= 0.3 is 5.97 Å². The fraction of sp³-hybridized carbons (Fsp3) is 0.323. The average Bonchev–Trinajstić information content (AvgIpc) is 3.69. The first-order chi connectivity index (χ1) is 21.6. The zero-order chi connectivity index (χ0) is 32.3. The van der Waals surface area contributed by atoms with E-state index in [2.05, 4.69) is 30.9 Å². The molecule has 238 valence electrons. The Bertz CT molecular complexity index is 1590. The molecule has 2 aromatic carbocycles. The smallest absolute Gasteiger partial charge is 0.326 e. The zero-order valence-corrected chi connectivity index (χ0v) is 25.5. The average molecular weight is 636 g/mol. The van der Waals surface area contributed by atoms with E-state index in [9.17, 15) is 29.4 Å². The Morgan fingerprint density at radius 3 is 2.27 bits per heavy atom. The predicted octanol–water partition coefficient (Wildman–Crippen LogP) is 1.24. The van der Waals surface area contributed by atoms with Crippen LogP contribution in [-0.4, -0.2) is 85.0 Å². The number of amides is 3. The molecule has 13 nitrogen and oxygen atoms in total. The Kier molecular flexibility index (Phi) is 11.6. The van der Waals surface area contributed by atoms with Crippen molar-refractivity contribution in [3.8, 4) is 5.75 Å². The molecule has 4 rings (SSSR count). The van der Waals surface area contributed by atoms with Gasteiger partial charge in [-0.15, -0.1) is 0 Å². The van der Waals surface area contributed by atoms with E-state index in [4.69, 9.17) is 5.73 Å². The van der Waals surface area contributed by atoms with E-state index in [1.807, 2.05) is 30.5 Å². The van der Waals surface area contributed by atoms with Crippen LogP contribution in [0.5, 0.6) is 5.75 Å². The van der Waals surface area contributed by atoms with Crippen molar-refractivity contribution in [1.82, 2.24) is 30.9 Å². The molecule has 0 saturated heterocycles. The first-order valence-electron chi connectivity index (χ1n) is 14.3. The molecule has 0 aliphatic rings. The largest absolute Gasteiger partial charge is 0.508 e. The van der Waals surface area contributed by atoms with E-state index in [1.54, 1.807) is 24.5 Å². The second-order valence-corrected chi connectivity index (χ2v) is 11.6. The van der Waals surface area contributed by atoms with E-state index in [-0.39, 0.29) is 31.4 Å². The Morgan fingerprint density at radius 2 is 1.58 bits per heavy atom. The molecule has 2 heterocycles. The van der Waals surface area contributed by atoms with Crippen LogP contribution in [0, 0.1) is 0 Å². The van der Waals surface area contributed by atoms with Crippen molar-refractivity contribution in [3.05, 3.63) is 84.1 Å². The normalized spacial score (nSPS) is 13.8. The minimum Gasteiger partial charge on any atom is -0.508 e. The molecule has 0 fully saturated rings. The van der Waals surface area contributed by atoms with Gasteiger partial charge in [-0.25, -0.2) is 9.78 Å². The van der Waals surface area contributed by atoms with Gasteiger partial charge in [-0.2, -0.15) is 11.8 Å². The summed E-state index contributed by atoms with van der Waals surface area (Å²) in [6, 6.07) is 9.17. The number of benzene rings is 2. The topological polar surface area (TPSA) is 215 Å². The second kappa shape index (κ2) is 15.8. The van der Waals surface area contributed by atoms with Crippen molar-refractivity contribution in [1.29, 1.82) is 0 Å². The number of carbonyl (C=O) groups excluding carboxylic acids is 3. The van der Waals surface area contributed by atoms with Crippen molar-refractivity contribution in [3.63, 3.8) is 0 Å². The van der Waals surface area contributed by atoms with Crippen LogP contribution in [0.4, 0.5) is 0 Å². The Morgan fingerprint density at radius 1 is 0.889 bits per heavy atom. The first kappa shape index (κ1) is 33.1. The number of aromatic amines is 2. The van der Waals surface area contributed by atoms with E-state index in [1.165, 1.54) is 30.2 Å². The minimum absolute atomic E-state index is 0.0298. The molecule has 0 aliphatic carbocycles. The predicted molar refractivity (Wildman–Crippen MR) is 171 cm³/mol. The zero-order valence-electron chi connectivity index (χ0n) is 24.7. The molecule has 0 spiro atoms. The highest BCUT2D eigenvalue weighted by atomic mass is 32.2. The van der Waals surface area contributed by atoms with Crippen LogP contribution >= 0.6 is 11.8 Å². The van der Waals surface area contributed by atoms with Crippen LogP contribution < -0.4 is 21.7 Å². The number of nitrogens with zero attached hydrogens (tertiary/aromatic N) is 1. The molecular weight excluding hydrogens is 598 g/mol. The molecule has 0 aliphatic heterocycles. The quantitative estimate of drug-likeness (QED) is 0.0888. The third-order valence-electron chi connectivity index (χ3n) is 7.30. The number of fused-ring (bicyclic) bond motifs is 1. The van der Waals surface area contributed by atoms with E-state index in [0.717, 1.165) is 16.5 Å². The SMILES string of the molecule is CSCCC(NC(=O)C(Cc1ccc(O)cc1)NC(=O)C(N)Cc1cnc[nH]1)C(=O)NC(Cc1c[nH]c2ccccc12)C(=O)O. The Labute approximate surface area is 263 Å². The molecule has 14 heteroatoms. The molecule has 4 aromatic rings. The minimum atomic E-state index is -1.25. The van der Waals surface area contributed by atoms with Gasteiger partial charge < -0.3 is 41.9 Å². The molecular formula is C31H37N7O6S. The van der Waals surface area contributed by atoms with Crippen molar-refractivity contribution < 1.29 is 29.4 Å². The lowest BCUT2D eigenvalue weighted by Crippen LogP contribution is -2.58. The maximum atomic E-state index is 13.7. The molecule has 2 aromatic heterocycles. The Balaban J connectivity index is 1.49. The fourth-order valence-corrected chi connectivity index (χ4v) is 5.32. The number of para-hydroxylation sites is 1. The maximum absolute atomic E-state index is 13.7. The van der Waals surface area contributed by atoms with Gasteiger partial charge in [-0.3, -0.25) is 14.4 Å². The summed E-state index contributed by atoms with van der Waals surface area (Å²) in [6.45, 7) is 0. The number of carboxylic acid groups (broad SMARTS) is 1. The van der Waals surface area contributed by atoms with Crippen LogP contribution in [0.25, 0.3) is 10.9 Å². The number of imidazole rings is 1. The number of aliphatic carboxylic acids is 1. The standard InChI is InChI=1S/C31H37N7O6S/c1-45-11-10-25(29(41)38-27(31(43)44)13-19-15-34-24-5-3-2-4-22(19)24)36-30(42)26(12-18-6-8-21(39)9-7-18)37-28(40)23(32)14-20-16-33-17-35-20/h2-9,15-17,23,25-27,34,39H,10-14,32H2,1H3,(H,33,35)(H,36,42)(H,37,40)(H,38,41)(H,43,44). The van der Waals surface area contributed by atoms with Crippen LogP contribution in [0.2, 0.25) is 0 Å². The lowest BCUT2D eigenvalue weighted by Gasteiger charge is -2.25. The molecule has 9 N–H and O–H groups in total. The lowest BCUT2D eigenvalue weighted by molar-refractivity contribution is -0.142. The summed E-state index contributed by atoms with van der Waals surface area (Å²) in [4.78, 5) is 62.3. The van der Waals surface area contributed by atoms with Crippen molar-refractivity contribution in [2.24, 2.45) is 5.73 Å². The number of carboxylic acids is 1. The summed E-state index contributed by atoms with van der Waals surface area (Å²) >= 11 is 1.46. The number of carbonyl (C=O) groups is 4. The van der Waals surface area contributed by atoms with Gasteiger partial charge in [0.1, 0.15) is 23.9 Å². The highest BCUT2D eigenvalue weighted by molar-refractivity contribution is 7.98. The third kappa shape index (κ3) is 9.33. The molecule has 0 saturated carbocycles. The number of hydrogen-bond acceptors (Lipinski definition) is 8. The summed E-state index contributed by atoms with van der Waals surface area (Å²) in [7, 11) is 0. The van der Waals surface area contributed by atoms with E-state index in [0.29, 0.717) is 17.0 Å². The molecule has 45 heavy (non-hydrogen) atoms. The number of aromatic nitrogens is 3. The molecule has 0 radical (unpaired) electrons. The maximum Gasteiger partial charge on any atom is 0.326 e. The molecule has 0 bridgehead atoms. The number of thioether (sulfide) groups is 1. The summed E-state index contributed by atoms with van der Waals surface area (Å²) < 4.78 is 0. The highest BCUT2D eigenvalue weighted by Crippen LogP contribution is 2.19. The number of phenols is 1. The van der Waals surface area contributed by atoms with Crippen LogP contribution in [0.15, 0.2) is 67.3 Å². The number of hydrogen-bond donors (Lipinski definition) is 8. The van der Waals surface area contributed by atoms with Gasteiger partial charge in [0.25, 0.3) is 0 Å². The molecule has 4 unspecified atom stereocenters. The van der Waals surface area contributed by atoms with Gasteiger partial charge in [-0.1, -0.05) is 30.3 Å². The number of rotatable bonds is 16. The van der Waals surface area contributed by atoms with Gasteiger partial charge in [0.05, 0.1) is 12.4 Å². The monoisotopic (exact) mass is 635 g/mol. The summed E-state index contributed by atoms with van der Waals surface area (Å²) in [5.41, 5.74) is 8.97.